The van der Waals surface area contributed by atoms with Crippen LogP contribution in [-0.4, -0.2) is 26.1 Å². The zero-order valence-electron chi connectivity index (χ0n) is 8.09. The molecule has 2 N–H and O–H groups in total. The number of rotatable bonds is 3. The Kier molecular flexibility index (Phi) is 2.41. The van der Waals surface area contributed by atoms with Gasteiger partial charge in [0.15, 0.2) is 0 Å². The molecule has 0 saturated heterocycles. The van der Waals surface area contributed by atoms with Crippen LogP contribution in [0.1, 0.15) is 25.1 Å². The second-order valence-corrected chi connectivity index (χ2v) is 3.33. The molecule has 5 heteroatoms. The molecule has 0 fully saturated rings. The lowest BCUT2D eigenvalue weighted by molar-refractivity contribution is 0.639. The SMILES string of the molecule is CC(CCN)c1nnc2ncccn12. The third-order valence-corrected chi connectivity index (χ3v) is 2.26. The van der Waals surface area contributed by atoms with Crippen LogP contribution >= 0.6 is 0 Å². The maximum atomic E-state index is 5.51. The molecule has 0 spiro atoms. The van der Waals surface area contributed by atoms with Crippen molar-refractivity contribution in [1.82, 2.24) is 19.6 Å². The normalized spacial score (nSPS) is 13.3. The van der Waals surface area contributed by atoms with Crippen molar-refractivity contribution in [3.8, 4) is 0 Å². The van der Waals surface area contributed by atoms with E-state index in [-0.39, 0.29) is 0 Å². The van der Waals surface area contributed by atoms with Crippen molar-refractivity contribution in [2.75, 3.05) is 6.54 Å². The number of hydrogen-bond donors (Lipinski definition) is 1. The summed E-state index contributed by atoms with van der Waals surface area (Å²) >= 11 is 0. The second kappa shape index (κ2) is 3.71. The minimum Gasteiger partial charge on any atom is -0.330 e. The standard InChI is InChI=1S/C9H13N5/c1-7(3-4-10)8-12-13-9-11-5-2-6-14(8)9/h2,5-7H,3-4,10H2,1H3. The molecule has 0 aliphatic rings. The van der Waals surface area contributed by atoms with Gasteiger partial charge in [-0.05, 0) is 19.0 Å². The molecule has 0 aliphatic heterocycles. The van der Waals surface area contributed by atoms with E-state index in [9.17, 15) is 0 Å². The molecule has 74 valence electrons. The van der Waals surface area contributed by atoms with Gasteiger partial charge in [0.1, 0.15) is 5.82 Å². The summed E-state index contributed by atoms with van der Waals surface area (Å²) in [5.74, 6) is 1.89. The molecular weight excluding hydrogens is 178 g/mol. The zero-order chi connectivity index (χ0) is 9.97. The third-order valence-electron chi connectivity index (χ3n) is 2.26. The van der Waals surface area contributed by atoms with E-state index in [4.69, 9.17) is 5.73 Å². The van der Waals surface area contributed by atoms with Crippen molar-refractivity contribution < 1.29 is 0 Å². The third kappa shape index (κ3) is 1.46. The fraction of sp³-hybridized carbons (Fsp3) is 0.444. The van der Waals surface area contributed by atoms with Crippen LogP contribution in [0, 0.1) is 0 Å². The lowest BCUT2D eigenvalue weighted by atomic mass is 10.1. The van der Waals surface area contributed by atoms with E-state index < -0.39 is 0 Å². The largest absolute Gasteiger partial charge is 0.330 e. The molecule has 2 aromatic heterocycles. The molecule has 0 bridgehead atoms. The van der Waals surface area contributed by atoms with Crippen molar-refractivity contribution in [1.29, 1.82) is 0 Å². The Labute approximate surface area is 82.0 Å². The molecule has 5 nitrogen and oxygen atoms in total. The van der Waals surface area contributed by atoms with Gasteiger partial charge in [0.25, 0.3) is 5.78 Å². The van der Waals surface area contributed by atoms with Crippen LogP contribution in [0.3, 0.4) is 0 Å². The summed E-state index contributed by atoms with van der Waals surface area (Å²) in [5, 5.41) is 8.09. The molecule has 0 amide bonds. The van der Waals surface area contributed by atoms with E-state index in [2.05, 4.69) is 22.1 Å². The number of aromatic nitrogens is 4. The molecule has 0 radical (unpaired) electrons. The van der Waals surface area contributed by atoms with Crippen LogP contribution in [-0.2, 0) is 0 Å². The van der Waals surface area contributed by atoms with Crippen molar-refractivity contribution in [2.24, 2.45) is 5.73 Å². The summed E-state index contributed by atoms with van der Waals surface area (Å²) < 4.78 is 1.90. The van der Waals surface area contributed by atoms with Gasteiger partial charge in [-0.3, -0.25) is 4.40 Å². The van der Waals surface area contributed by atoms with Crippen LogP contribution in [0.4, 0.5) is 0 Å². The minimum absolute atomic E-state index is 0.319. The molecule has 0 aromatic carbocycles. The van der Waals surface area contributed by atoms with Crippen LogP contribution in [0.2, 0.25) is 0 Å². The van der Waals surface area contributed by atoms with E-state index in [1.807, 2.05) is 16.7 Å². The van der Waals surface area contributed by atoms with Gasteiger partial charge in [0, 0.05) is 18.3 Å². The summed E-state index contributed by atoms with van der Waals surface area (Å²) in [7, 11) is 0. The summed E-state index contributed by atoms with van der Waals surface area (Å²) in [4.78, 5) is 4.10. The molecule has 2 rings (SSSR count). The Hall–Kier alpha value is -1.49. The molecule has 2 aromatic rings. The lowest BCUT2D eigenvalue weighted by Gasteiger charge is -2.06. The van der Waals surface area contributed by atoms with Gasteiger partial charge < -0.3 is 5.73 Å². The molecule has 14 heavy (non-hydrogen) atoms. The average Bonchev–Trinajstić information content (AvgIpc) is 2.61. The van der Waals surface area contributed by atoms with E-state index in [1.54, 1.807) is 6.20 Å². The second-order valence-electron chi connectivity index (χ2n) is 3.33. The monoisotopic (exact) mass is 191 g/mol. The lowest BCUT2D eigenvalue weighted by Crippen LogP contribution is -2.07. The fourth-order valence-electron chi connectivity index (χ4n) is 1.48. The highest BCUT2D eigenvalue weighted by Crippen LogP contribution is 2.15. The summed E-state index contributed by atoms with van der Waals surface area (Å²) in [6, 6.07) is 1.87. The van der Waals surface area contributed by atoms with E-state index in [1.165, 1.54) is 0 Å². The van der Waals surface area contributed by atoms with Crippen molar-refractivity contribution in [2.45, 2.75) is 19.3 Å². The number of nitrogens with zero attached hydrogens (tertiary/aromatic N) is 4. The summed E-state index contributed by atoms with van der Waals surface area (Å²) in [6.07, 6.45) is 4.54. The molecule has 0 aliphatic carbocycles. The fourth-order valence-corrected chi connectivity index (χ4v) is 1.48. The first kappa shape index (κ1) is 9.08. The Bertz CT molecular complexity index is 422. The maximum absolute atomic E-state index is 5.51. The predicted molar refractivity (Wildman–Crippen MR) is 52.9 cm³/mol. The van der Waals surface area contributed by atoms with Crippen LogP contribution in [0.25, 0.3) is 5.78 Å². The summed E-state index contributed by atoms with van der Waals surface area (Å²) in [5.41, 5.74) is 5.51. The van der Waals surface area contributed by atoms with Gasteiger partial charge in [-0.15, -0.1) is 10.2 Å². The molecule has 2 heterocycles. The predicted octanol–water partition coefficient (Wildman–Crippen LogP) is 0.577. The van der Waals surface area contributed by atoms with Gasteiger partial charge in [0.2, 0.25) is 0 Å². The number of nitrogens with two attached hydrogens (primary N) is 1. The Balaban J connectivity index is 2.42. The van der Waals surface area contributed by atoms with Crippen LogP contribution in [0.15, 0.2) is 18.5 Å². The van der Waals surface area contributed by atoms with E-state index >= 15 is 0 Å². The van der Waals surface area contributed by atoms with Gasteiger partial charge in [-0.25, -0.2) is 4.98 Å². The highest BCUT2D eigenvalue weighted by atomic mass is 15.3. The zero-order valence-corrected chi connectivity index (χ0v) is 8.09. The first-order valence-corrected chi connectivity index (χ1v) is 4.68. The maximum Gasteiger partial charge on any atom is 0.254 e. The van der Waals surface area contributed by atoms with Crippen LogP contribution < -0.4 is 5.73 Å². The first-order chi connectivity index (χ1) is 6.83. The number of hydrogen-bond acceptors (Lipinski definition) is 4. The van der Waals surface area contributed by atoms with Crippen molar-refractivity contribution in [3.05, 3.63) is 24.3 Å². The van der Waals surface area contributed by atoms with Gasteiger partial charge in [0.05, 0.1) is 0 Å². The van der Waals surface area contributed by atoms with Gasteiger partial charge in [-0.1, -0.05) is 6.92 Å². The highest BCUT2D eigenvalue weighted by Gasteiger charge is 2.12. The number of fused-ring (bicyclic) bond motifs is 1. The Morgan fingerprint density at radius 3 is 3.14 bits per heavy atom. The quantitative estimate of drug-likeness (QED) is 0.770. The highest BCUT2D eigenvalue weighted by molar-refractivity contribution is 5.27. The minimum atomic E-state index is 0.319. The molecule has 0 saturated carbocycles. The summed E-state index contributed by atoms with van der Waals surface area (Å²) in [6.45, 7) is 2.76. The molecule has 1 atom stereocenters. The van der Waals surface area contributed by atoms with Crippen molar-refractivity contribution in [3.63, 3.8) is 0 Å². The topological polar surface area (TPSA) is 69.1 Å². The van der Waals surface area contributed by atoms with Crippen LogP contribution in [0.5, 0.6) is 0 Å². The Morgan fingerprint density at radius 1 is 1.50 bits per heavy atom. The molecular formula is C9H13N5. The van der Waals surface area contributed by atoms with Crippen molar-refractivity contribution >= 4 is 5.78 Å². The van der Waals surface area contributed by atoms with Gasteiger partial charge in [-0.2, -0.15) is 0 Å². The first-order valence-electron chi connectivity index (χ1n) is 4.68. The van der Waals surface area contributed by atoms with E-state index in [0.717, 1.165) is 12.2 Å². The average molecular weight is 191 g/mol. The smallest absolute Gasteiger partial charge is 0.254 e. The Morgan fingerprint density at radius 2 is 2.36 bits per heavy atom. The van der Waals surface area contributed by atoms with E-state index in [0.29, 0.717) is 18.2 Å². The molecule has 1 unspecified atom stereocenters. The van der Waals surface area contributed by atoms with Gasteiger partial charge >= 0.3 is 0 Å².